The number of benzene rings is 1. The average molecular weight is 483 g/mol. The maximum atomic E-state index is 13.6. The second-order valence-corrected chi connectivity index (χ2v) is 6.41. The van der Waals surface area contributed by atoms with Gasteiger partial charge in [-0.2, -0.15) is 0 Å². The lowest BCUT2D eigenvalue weighted by atomic mass is 10.1. The summed E-state index contributed by atoms with van der Waals surface area (Å²) in [5, 5.41) is 6.53. The molecule has 2 heterocycles. The highest BCUT2D eigenvalue weighted by Gasteiger charge is 2.13. The molecule has 0 aliphatic carbocycles. The topological polar surface area (TPSA) is 52.6 Å². The van der Waals surface area contributed by atoms with Gasteiger partial charge in [-0.15, -0.1) is 24.0 Å². The number of halogens is 2. The molecular formula is C20H27FIN5. The largest absolute Gasteiger partial charge is 0.357 e. The predicted molar refractivity (Wildman–Crippen MR) is 119 cm³/mol. The van der Waals surface area contributed by atoms with Crippen molar-refractivity contribution < 1.29 is 4.39 Å². The zero-order valence-corrected chi connectivity index (χ0v) is 17.9. The third kappa shape index (κ3) is 6.34. The third-order valence-corrected chi connectivity index (χ3v) is 4.57. The maximum Gasteiger partial charge on any atom is 0.191 e. The summed E-state index contributed by atoms with van der Waals surface area (Å²) in [6.07, 6.45) is 4.95. The molecule has 2 N–H and O–H groups in total. The van der Waals surface area contributed by atoms with Crippen molar-refractivity contribution in [3.8, 4) is 0 Å². The number of guanidine groups is 1. The first kappa shape index (κ1) is 21.4. The quantitative estimate of drug-likeness (QED) is 0.376. The van der Waals surface area contributed by atoms with Gasteiger partial charge in [-0.25, -0.2) is 9.37 Å². The molecule has 1 aromatic heterocycles. The maximum absolute atomic E-state index is 13.6. The minimum atomic E-state index is -0.163. The van der Waals surface area contributed by atoms with Gasteiger partial charge in [0, 0.05) is 39.4 Å². The van der Waals surface area contributed by atoms with Crippen LogP contribution in [0.1, 0.15) is 24.0 Å². The zero-order valence-electron chi connectivity index (χ0n) is 15.6. The van der Waals surface area contributed by atoms with Crippen LogP contribution in [0.25, 0.3) is 0 Å². The van der Waals surface area contributed by atoms with Gasteiger partial charge < -0.3 is 15.5 Å². The van der Waals surface area contributed by atoms with E-state index in [9.17, 15) is 4.39 Å². The van der Waals surface area contributed by atoms with E-state index in [1.807, 2.05) is 24.4 Å². The monoisotopic (exact) mass is 483 g/mol. The van der Waals surface area contributed by atoms with Gasteiger partial charge in [0.05, 0.1) is 0 Å². The summed E-state index contributed by atoms with van der Waals surface area (Å²) in [6.45, 7) is 3.46. The number of nitrogens with zero attached hydrogens (tertiary/aromatic N) is 3. The first-order valence-electron chi connectivity index (χ1n) is 9.14. The van der Waals surface area contributed by atoms with Crippen LogP contribution in [0.2, 0.25) is 0 Å². The summed E-state index contributed by atoms with van der Waals surface area (Å²) in [6, 6.07) is 11.0. The number of pyridine rings is 1. The van der Waals surface area contributed by atoms with Gasteiger partial charge in [0.15, 0.2) is 5.96 Å². The van der Waals surface area contributed by atoms with Crippen molar-refractivity contribution in [3.63, 3.8) is 0 Å². The van der Waals surface area contributed by atoms with Gasteiger partial charge in [0.1, 0.15) is 11.6 Å². The molecule has 0 spiro atoms. The number of hydrogen-bond acceptors (Lipinski definition) is 3. The Morgan fingerprint density at radius 1 is 1.19 bits per heavy atom. The Labute approximate surface area is 177 Å². The summed E-state index contributed by atoms with van der Waals surface area (Å²) in [7, 11) is 1.74. The molecule has 27 heavy (non-hydrogen) atoms. The van der Waals surface area contributed by atoms with Crippen LogP contribution in [0.3, 0.4) is 0 Å². The fourth-order valence-corrected chi connectivity index (χ4v) is 3.11. The van der Waals surface area contributed by atoms with Crippen LogP contribution in [0, 0.1) is 5.82 Å². The van der Waals surface area contributed by atoms with Crippen molar-refractivity contribution in [2.45, 2.75) is 25.8 Å². The van der Waals surface area contributed by atoms with E-state index < -0.39 is 0 Å². The highest BCUT2D eigenvalue weighted by Crippen LogP contribution is 2.18. The van der Waals surface area contributed by atoms with Crippen LogP contribution < -0.4 is 15.5 Å². The van der Waals surface area contributed by atoms with Crippen LogP contribution in [-0.4, -0.2) is 37.6 Å². The van der Waals surface area contributed by atoms with Gasteiger partial charge >= 0.3 is 0 Å². The Morgan fingerprint density at radius 2 is 1.96 bits per heavy atom. The summed E-state index contributed by atoms with van der Waals surface area (Å²) in [5.41, 5.74) is 1.87. The highest BCUT2D eigenvalue weighted by molar-refractivity contribution is 14.0. The van der Waals surface area contributed by atoms with E-state index in [2.05, 4.69) is 31.6 Å². The van der Waals surface area contributed by atoms with E-state index in [0.717, 1.165) is 18.9 Å². The van der Waals surface area contributed by atoms with Crippen molar-refractivity contribution >= 4 is 35.8 Å². The fraction of sp³-hybridized carbons (Fsp3) is 0.400. The summed E-state index contributed by atoms with van der Waals surface area (Å²) in [4.78, 5) is 11.0. The van der Waals surface area contributed by atoms with E-state index in [1.165, 1.54) is 24.5 Å². The van der Waals surface area contributed by atoms with Crippen molar-refractivity contribution in [2.75, 3.05) is 31.6 Å². The molecule has 0 unspecified atom stereocenters. The number of rotatable bonds is 6. The van der Waals surface area contributed by atoms with E-state index in [1.54, 1.807) is 13.1 Å². The molecule has 146 valence electrons. The van der Waals surface area contributed by atoms with Gasteiger partial charge in [0.25, 0.3) is 0 Å². The Balaban J connectivity index is 0.00000261. The zero-order chi connectivity index (χ0) is 18.2. The van der Waals surface area contributed by atoms with E-state index >= 15 is 0 Å². The molecule has 0 radical (unpaired) electrons. The molecule has 1 aliphatic heterocycles. The molecule has 0 bridgehead atoms. The Bertz CT molecular complexity index is 747. The van der Waals surface area contributed by atoms with Crippen LogP contribution in [-0.2, 0) is 13.0 Å². The number of aromatic nitrogens is 1. The Hall–Kier alpha value is -1.90. The summed E-state index contributed by atoms with van der Waals surface area (Å²) < 4.78 is 13.6. The molecule has 2 aromatic rings. The molecule has 7 heteroatoms. The number of hydrogen-bond donors (Lipinski definition) is 2. The standard InChI is InChI=1S/C20H26FN5.HI/c1-22-20(24-11-9-17-6-2-3-7-18(17)21)25-15-16-8-10-23-19(14-16)26-12-4-5-13-26;/h2-3,6-8,10,14H,4-5,9,11-13,15H2,1H3,(H2,22,24,25);1H. The molecule has 0 atom stereocenters. The second-order valence-electron chi connectivity index (χ2n) is 6.41. The van der Waals surface area contributed by atoms with Gasteiger partial charge in [0.2, 0.25) is 0 Å². The first-order valence-corrected chi connectivity index (χ1v) is 9.14. The number of nitrogens with one attached hydrogen (secondary N) is 2. The number of anilines is 1. The smallest absolute Gasteiger partial charge is 0.191 e. The van der Waals surface area contributed by atoms with E-state index in [-0.39, 0.29) is 29.8 Å². The normalized spacial score (nSPS) is 14.0. The molecule has 0 amide bonds. The van der Waals surface area contributed by atoms with Crippen LogP contribution >= 0.6 is 24.0 Å². The lowest BCUT2D eigenvalue weighted by Crippen LogP contribution is -2.38. The molecular weight excluding hydrogens is 456 g/mol. The highest BCUT2D eigenvalue weighted by atomic mass is 127. The van der Waals surface area contributed by atoms with Crippen LogP contribution in [0.15, 0.2) is 47.6 Å². The van der Waals surface area contributed by atoms with Gasteiger partial charge in [-0.1, -0.05) is 18.2 Å². The minimum absolute atomic E-state index is 0. The fourth-order valence-electron chi connectivity index (χ4n) is 3.11. The third-order valence-electron chi connectivity index (χ3n) is 4.57. The van der Waals surface area contributed by atoms with Crippen LogP contribution in [0.5, 0.6) is 0 Å². The van der Waals surface area contributed by atoms with Crippen molar-refractivity contribution in [1.29, 1.82) is 0 Å². The van der Waals surface area contributed by atoms with E-state index in [0.29, 0.717) is 31.0 Å². The SMILES string of the molecule is CN=C(NCCc1ccccc1F)NCc1ccnc(N2CCCC2)c1.I. The lowest BCUT2D eigenvalue weighted by molar-refractivity contribution is 0.606. The van der Waals surface area contributed by atoms with Crippen molar-refractivity contribution in [1.82, 2.24) is 15.6 Å². The molecule has 5 nitrogen and oxygen atoms in total. The Morgan fingerprint density at radius 3 is 2.70 bits per heavy atom. The molecule has 1 fully saturated rings. The summed E-state index contributed by atoms with van der Waals surface area (Å²) in [5.74, 6) is 1.59. The number of aliphatic imine (C=N–C) groups is 1. The summed E-state index contributed by atoms with van der Waals surface area (Å²) >= 11 is 0. The Kier molecular flexibility index (Phi) is 8.77. The molecule has 0 saturated carbocycles. The minimum Gasteiger partial charge on any atom is -0.357 e. The molecule has 1 saturated heterocycles. The van der Waals surface area contributed by atoms with Gasteiger partial charge in [-0.05, 0) is 48.6 Å². The lowest BCUT2D eigenvalue weighted by Gasteiger charge is -2.17. The van der Waals surface area contributed by atoms with Crippen molar-refractivity contribution in [3.05, 3.63) is 59.5 Å². The molecule has 3 rings (SSSR count). The molecule has 1 aliphatic rings. The van der Waals surface area contributed by atoms with Crippen LogP contribution in [0.4, 0.5) is 10.2 Å². The predicted octanol–water partition coefficient (Wildman–Crippen LogP) is 3.35. The average Bonchev–Trinajstić information content (AvgIpc) is 3.21. The van der Waals surface area contributed by atoms with Crippen molar-refractivity contribution in [2.24, 2.45) is 4.99 Å². The van der Waals surface area contributed by atoms with Gasteiger partial charge in [-0.3, -0.25) is 4.99 Å². The first-order chi connectivity index (χ1) is 12.8. The molecule has 1 aromatic carbocycles. The van der Waals surface area contributed by atoms with E-state index in [4.69, 9.17) is 0 Å². The second kappa shape index (κ2) is 11.1.